The summed E-state index contributed by atoms with van der Waals surface area (Å²) in [6, 6.07) is 5.47. The van der Waals surface area contributed by atoms with E-state index in [2.05, 4.69) is 0 Å². The molecule has 0 N–H and O–H groups in total. The Morgan fingerprint density at radius 3 is 1.00 bits per heavy atom. The maximum atomic E-state index is 11.6. The largest absolute Gasteiger partial charge is 1.00 e. The van der Waals surface area contributed by atoms with Gasteiger partial charge >= 0.3 is 59.1 Å². The first-order chi connectivity index (χ1) is 15.8. The Bertz CT molecular complexity index is 1210. The molecule has 8 nitrogen and oxygen atoms in total. The molecule has 0 radical (unpaired) electrons. The van der Waals surface area contributed by atoms with Crippen LogP contribution in [0.1, 0.15) is 63.8 Å². The van der Waals surface area contributed by atoms with Gasteiger partial charge in [0.2, 0.25) is 0 Å². The van der Waals surface area contributed by atoms with E-state index in [0.29, 0.717) is 70.7 Å². The summed E-state index contributed by atoms with van der Waals surface area (Å²) >= 11 is 0. The first kappa shape index (κ1) is 35.6. The summed E-state index contributed by atoms with van der Waals surface area (Å²) in [5.41, 5.74) is 5.00. The van der Waals surface area contributed by atoms with Crippen LogP contribution in [0.4, 0.5) is 11.4 Å². The van der Waals surface area contributed by atoms with Crippen molar-refractivity contribution >= 4 is 43.0 Å². The van der Waals surface area contributed by atoms with Crippen LogP contribution in [-0.2, 0) is 45.9 Å². The molecule has 186 valence electrons. The van der Waals surface area contributed by atoms with Crippen LogP contribution in [0.5, 0.6) is 0 Å². The molecule has 0 atom stereocenters. The van der Waals surface area contributed by atoms with Crippen LogP contribution in [0.3, 0.4) is 0 Å². The summed E-state index contributed by atoms with van der Waals surface area (Å²) in [6.45, 7) is 11.0. The Morgan fingerprint density at radius 1 is 0.611 bits per heavy atom. The third-order valence-corrected chi connectivity index (χ3v) is 7.29. The first-order valence-electron chi connectivity index (χ1n) is 11.1. The summed E-state index contributed by atoms with van der Waals surface area (Å²) < 4.78 is 69.3. The van der Waals surface area contributed by atoms with Crippen molar-refractivity contribution in [2.45, 2.75) is 77.0 Å². The van der Waals surface area contributed by atoms with Crippen molar-refractivity contribution < 1.29 is 85.1 Å². The Kier molecular flexibility index (Phi) is 14.5. The van der Waals surface area contributed by atoms with E-state index >= 15 is 0 Å². The van der Waals surface area contributed by atoms with Crippen LogP contribution in [0, 0.1) is 0 Å². The number of hydrogen-bond donors (Lipinski definition) is 0. The zero-order valence-electron chi connectivity index (χ0n) is 22.3. The maximum Gasteiger partial charge on any atom is 1.00 e. The predicted octanol–water partition coefficient (Wildman–Crippen LogP) is -1.36. The standard InChI is InChI=1S/C24H32N2O6S2.2Na/c1-7-17-11-21(33(27,28)29)12-18(8-2)23(17)25-15(5)16(6)26-24-19(9-3)13-22(34(30,31)32)14-20(24)10-4;;/h11-14H,7-10H2,1-6H3,(H,27,28,29)(H,30,31,32);;/q;2*+1/p-2. The van der Waals surface area contributed by atoms with Crippen molar-refractivity contribution in [3.8, 4) is 0 Å². The number of rotatable bonds is 9. The molecule has 12 heteroatoms. The molecular formula is C24H30N2Na2O6S2. The van der Waals surface area contributed by atoms with Crippen molar-refractivity contribution in [3.63, 3.8) is 0 Å². The van der Waals surface area contributed by atoms with Crippen LogP contribution in [0.2, 0.25) is 0 Å². The second-order valence-corrected chi connectivity index (χ2v) is 10.7. The van der Waals surface area contributed by atoms with E-state index in [1.807, 2.05) is 27.7 Å². The molecular weight excluding hydrogens is 522 g/mol. The summed E-state index contributed by atoms with van der Waals surface area (Å²) in [5.74, 6) is 0. The minimum Gasteiger partial charge on any atom is -0.744 e. The average molecular weight is 553 g/mol. The molecule has 0 spiro atoms. The average Bonchev–Trinajstić information content (AvgIpc) is 2.77. The third-order valence-electron chi connectivity index (χ3n) is 5.67. The Labute approximate surface area is 259 Å². The molecule has 0 aliphatic rings. The van der Waals surface area contributed by atoms with E-state index in [-0.39, 0.29) is 68.9 Å². The van der Waals surface area contributed by atoms with Gasteiger partial charge < -0.3 is 9.11 Å². The zero-order valence-corrected chi connectivity index (χ0v) is 27.9. The van der Waals surface area contributed by atoms with Crippen LogP contribution >= 0.6 is 0 Å². The molecule has 0 unspecified atom stereocenters. The monoisotopic (exact) mass is 552 g/mol. The number of aryl methyl sites for hydroxylation is 4. The molecule has 2 aromatic carbocycles. The number of benzene rings is 2. The van der Waals surface area contributed by atoms with E-state index in [1.165, 1.54) is 24.3 Å². The van der Waals surface area contributed by atoms with Gasteiger partial charge in [0.1, 0.15) is 20.2 Å². The Hall–Kier alpha value is -0.400. The molecule has 36 heavy (non-hydrogen) atoms. The molecule has 2 aromatic rings. The van der Waals surface area contributed by atoms with Gasteiger partial charge in [-0.25, -0.2) is 16.8 Å². The molecule has 0 amide bonds. The van der Waals surface area contributed by atoms with Crippen molar-refractivity contribution in [1.82, 2.24) is 0 Å². The van der Waals surface area contributed by atoms with Gasteiger partial charge in [-0.3, -0.25) is 9.98 Å². The zero-order chi connectivity index (χ0) is 25.8. The van der Waals surface area contributed by atoms with Gasteiger partial charge in [-0.2, -0.15) is 0 Å². The molecule has 2 rings (SSSR count). The van der Waals surface area contributed by atoms with Gasteiger partial charge in [-0.05, 0) is 86.1 Å². The summed E-state index contributed by atoms with van der Waals surface area (Å²) in [4.78, 5) is 8.93. The quantitative estimate of drug-likeness (QED) is 0.214. The second kappa shape index (κ2) is 14.7. The minimum absolute atomic E-state index is 0. The molecule has 0 heterocycles. The van der Waals surface area contributed by atoms with Crippen LogP contribution in [0.25, 0.3) is 0 Å². The fraction of sp³-hybridized carbons (Fsp3) is 0.417. The van der Waals surface area contributed by atoms with E-state index < -0.39 is 20.2 Å². The van der Waals surface area contributed by atoms with Gasteiger partial charge in [0, 0.05) is 0 Å². The summed E-state index contributed by atoms with van der Waals surface area (Å²) in [7, 11) is -9.17. The third kappa shape index (κ3) is 8.83. The van der Waals surface area contributed by atoms with Gasteiger partial charge in [-0.15, -0.1) is 0 Å². The molecule has 0 aromatic heterocycles. The number of nitrogens with zero attached hydrogens (tertiary/aromatic N) is 2. The first-order valence-corrected chi connectivity index (χ1v) is 13.9. The number of aliphatic imine (C=N–C) groups is 2. The minimum atomic E-state index is -4.59. The summed E-state index contributed by atoms with van der Waals surface area (Å²) in [6.07, 6.45) is 1.96. The SMILES string of the molecule is CCc1cc(S(=O)(=O)[O-])cc(CC)c1N=C(C)C(C)=Nc1c(CC)cc(S(=O)(=O)[O-])cc1CC.[Na+].[Na+]. The van der Waals surface area contributed by atoms with Gasteiger partial charge in [0.15, 0.2) is 0 Å². The van der Waals surface area contributed by atoms with Gasteiger partial charge in [-0.1, -0.05) is 27.7 Å². The molecule has 0 saturated carbocycles. The fourth-order valence-corrected chi connectivity index (χ4v) is 4.75. The molecule has 0 aliphatic heterocycles. The maximum absolute atomic E-state index is 11.6. The van der Waals surface area contributed by atoms with Gasteiger partial charge in [0.05, 0.1) is 32.6 Å². The molecule has 0 fully saturated rings. The normalized spacial score (nSPS) is 12.7. The van der Waals surface area contributed by atoms with E-state index in [1.54, 1.807) is 13.8 Å². The molecule has 0 bridgehead atoms. The van der Waals surface area contributed by atoms with E-state index in [0.717, 1.165) is 0 Å². The summed E-state index contributed by atoms with van der Waals surface area (Å²) in [5, 5.41) is 0. The van der Waals surface area contributed by atoms with Crippen molar-refractivity contribution in [2.75, 3.05) is 0 Å². The molecule has 0 saturated heterocycles. The fourth-order valence-electron chi connectivity index (χ4n) is 3.61. The van der Waals surface area contributed by atoms with Crippen LogP contribution in [0.15, 0.2) is 44.0 Å². The molecule has 0 aliphatic carbocycles. The smallest absolute Gasteiger partial charge is 0.744 e. The van der Waals surface area contributed by atoms with E-state index in [4.69, 9.17) is 9.98 Å². The predicted molar refractivity (Wildman–Crippen MR) is 132 cm³/mol. The van der Waals surface area contributed by atoms with Crippen molar-refractivity contribution in [3.05, 3.63) is 46.5 Å². The van der Waals surface area contributed by atoms with Crippen LogP contribution < -0.4 is 59.1 Å². The Morgan fingerprint density at radius 2 is 0.833 bits per heavy atom. The van der Waals surface area contributed by atoms with Crippen LogP contribution in [-0.4, -0.2) is 37.4 Å². The van der Waals surface area contributed by atoms with E-state index in [9.17, 15) is 25.9 Å². The Balaban J connectivity index is 0.00000612. The topological polar surface area (TPSA) is 139 Å². The van der Waals surface area contributed by atoms with Crippen molar-refractivity contribution in [2.24, 2.45) is 9.98 Å². The second-order valence-electron chi connectivity index (χ2n) is 7.90. The van der Waals surface area contributed by atoms with Crippen molar-refractivity contribution in [1.29, 1.82) is 0 Å². The van der Waals surface area contributed by atoms with Gasteiger partial charge in [0.25, 0.3) is 0 Å². The number of hydrogen-bond acceptors (Lipinski definition) is 8.